The molecule has 0 saturated carbocycles. The minimum atomic E-state index is 0.800. The van der Waals surface area contributed by atoms with Crippen LogP contribution in [-0.4, -0.2) is 9.55 Å². The van der Waals surface area contributed by atoms with Crippen LogP contribution in [-0.2, 0) is 6.54 Å². The third-order valence-corrected chi connectivity index (χ3v) is 3.76. The number of para-hydroxylation sites is 1. The molecule has 0 spiro atoms. The van der Waals surface area contributed by atoms with E-state index < -0.39 is 0 Å². The van der Waals surface area contributed by atoms with E-state index in [0.717, 1.165) is 12.2 Å². The van der Waals surface area contributed by atoms with E-state index in [9.17, 15) is 0 Å². The lowest BCUT2D eigenvalue weighted by Gasteiger charge is -2.08. The highest BCUT2D eigenvalue weighted by Gasteiger charge is 2.05. The summed E-state index contributed by atoms with van der Waals surface area (Å²) >= 11 is 0. The molecular weight excluding hydrogens is 244 g/mol. The Morgan fingerprint density at radius 1 is 0.800 bits per heavy atom. The van der Waals surface area contributed by atoms with Gasteiger partial charge in [-0.1, -0.05) is 42.5 Å². The van der Waals surface area contributed by atoms with Gasteiger partial charge in [0.2, 0.25) is 0 Å². The average molecular weight is 258 g/mol. The molecule has 0 radical (unpaired) electrons. The van der Waals surface area contributed by atoms with Crippen molar-refractivity contribution in [2.45, 2.75) is 6.54 Å². The number of hydrogen-bond acceptors (Lipinski definition) is 1. The molecule has 20 heavy (non-hydrogen) atoms. The van der Waals surface area contributed by atoms with Gasteiger partial charge >= 0.3 is 0 Å². The Hall–Kier alpha value is -2.61. The summed E-state index contributed by atoms with van der Waals surface area (Å²) < 4.78 is 2.25. The Balaban J connectivity index is 1.85. The van der Waals surface area contributed by atoms with Crippen LogP contribution in [0, 0.1) is 0 Å². The molecule has 2 aromatic carbocycles. The molecule has 0 aliphatic rings. The molecule has 0 N–H and O–H groups in total. The van der Waals surface area contributed by atoms with E-state index >= 15 is 0 Å². The first-order valence-corrected chi connectivity index (χ1v) is 6.78. The van der Waals surface area contributed by atoms with Gasteiger partial charge in [-0.05, 0) is 29.0 Å². The van der Waals surface area contributed by atoms with Gasteiger partial charge in [0.1, 0.15) is 0 Å². The lowest BCUT2D eigenvalue weighted by Crippen LogP contribution is -2.00. The zero-order chi connectivity index (χ0) is 13.4. The zero-order valence-electron chi connectivity index (χ0n) is 11.0. The maximum atomic E-state index is 4.57. The largest absolute Gasteiger partial charge is 0.341 e. The SMILES string of the molecule is c1ccc2c(Cn3ccc4ccccc43)nccc2c1. The van der Waals surface area contributed by atoms with Crippen molar-refractivity contribution < 1.29 is 0 Å². The zero-order valence-corrected chi connectivity index (χ0v) is 11.0. The lowest BCUT2D eigenvalue weighted by molar-refractivity contribution is 0.816. The van der Waals surface area contributed by atoms with Crippen molar-refractivity contribution in [2.75, 3.05) is 0 Å². The van der Waals surface area contributed by atoms with Crippen molar-refractivity contribution in [3.63, 3.8) is 0 Å². The van der Waals surface area contributed by atoms with E-state index in [4.69, 9.17) is 0 Å². The Labute approximate surface area is 117 Å². The maximum Gasteiger partial charge on any atom is 0.0679 e. The van der Waals surface area contributed by atoms with Gasteiger partial charge in [0.15, 0.2) is 0 Å². The van der Waals surface area contributed by atoms with E-state index in [1.807, 2.05) is 6.20 Å². The third kappa shape index (κ3) is 1.77. The number of fused-ring (bicyclic) bond motifs is 2. The number of nitrogens with zero attached hydrogens (tertiary/aromatic N) is 2. The molecule has 0 aliphatic heterocycles. The van der Waals surface area contributed by atoms with Crippen LogP contribution in [0.5, 0.6) is 0 Å². The van der Waals surface area contributed by atoms with Crippen LogP contribution in [0.2, 0.25) is 0 Å². The second kappa shape index (κ2) is 4.49. The van der Waals surface area contributed by atoms with Crippen LogP contribution in [0.15, 0.2) is 73.1 Å². The van der Waals surface area contributed by atoms with Gasteiger partial charge < -0.3 is 4.57 Å². The Morgan fingerprint density at radius 2 is 1.60 bits per heavy atom. The summed E-state index contributed by atoms with van der Waals surface area (Å²) in [6.07, 6.45) is 4.03. The quantitative estimate of drug-likeness (QED) is 0.526. The summed E-state index contributed by atoms with van der Waals surface area (Å²) in [5.41, 5.74) is 2.37. The van der Waals surface area contributed by atoms with Crippen molar-refractivity contribution in [1.82, 2.24) is 9.55 Å². The van der Waals surface area contributed by atoms with E-state index in [1.54, 1.807) is 0 Å². The lowest BCUT2D eigenvalue weighted by atomic mass is 10.1. The molecule has 0 saturated heterocycles. The predicted octanol–water partition coefficient (Wildman–Crippen LogP) is 4.24. The van der Waals surface area contributed by atoms with Gasteiger partial charge in [-0.3, -0.25) is 4.98 Å². The van der Waals surface area contributed by atoms with Crippen molar-refractivity contribution in [3.05, 3.63) is 78.8 Å². The molecule has 2 heterocycles. The minimum absolute atomic E-state index is 0.800. The molecule has 0 atom stereocenters. The van der Waals surface area contributed by atoms with E-state index in [-0.39, 0.29) is 0 Å². The first-order valence-electron chi connectivity index (χ1n) is 6.78. The van der Waals surface area contributed by atoms with E-state index in [0.29, 0.717) is 0 Å². The highest BCUT2D eigenvalue weighted by atomic mass is 15.0. The molecule has 0 bridgehead atoms. The van der Waals surface area contributed by atoms with Gasteiger partial charge in [-0.25, -0.2) is 0 Å². The maximum absolute atomic E-state index is 4.57. The molecule has 0 aliphatic carbocycles. The smallest absolute Gasteiger partial charge is 0.0679 e. The summed E-state index contributed by atoms with van der Waals surface area (Å²) in [4.78, 5) is 4.57. The highest BCUT2D eigenvalue weighted by Crippen LogP contribution is 2.20. The number of benzene rings is 2. The predicted molar refractivity (Wildman–Crippen MR) is 82.8 cm³/mol. The second-order valence-electron chi connectivity index (χ2n) is 4.98. The van der Waals surface area contributed by atoms with Crippen LogP contribution in [0.25, 0.3) is 21.7 Å². The molecule has 4 rings (SSSR count). The first-order chi connectivity index (χ1) is 9.92. The third-order valence-electron chi connectivity index (χ3n) is 3.76. The number of rotatable bonds is 2. The van der Waals surface area contributed by atoms with Gasteiger partial charge in [-0.2, -0.15) is 0 Å². The van der Waals surface area contributed by atoms with Crippen molar-refractivity contribution in [2.24, 2.45) is 0 Å². The number of pyridine rings is 1. The van der Waals surface area contributed by atoms with Crippen LogP contribution in [0.3, 0.4) is 0 Å². The molecule has 2 aromatic heterocycles. The Morgan fingerprint density at radius 3 is 2.55 bits per heavy atom. The van der Waals surface area contributed by atoms with E-state index in [1.165, 1.54) is 21.7 Å². The summed E-state index contributed by atoms with van der Waals surface area (Å²) in [5.74, 6) is 0. The standard InChI is InChI=1S/C18H14N2/c1-3-7-16-14(5-1)9-11-19-17(16)13-20-12-10-15-6-2-4-8-18(15)20/h1-12H,13H2. The monoisotopic (exact) mass is 258 g/mol. The van der Waals surface area contributed by atoms with Gasteiger partial charge in [0.25, 0.3) is 0 Å². The fourth-order valence-corrected chi connectivity index (χ4v) is 2.75. The Kier molecular flexibility index (Phi) is 2.52. The summed E-state index contributed by atoms with van der Waals surface area (Å²) in [5, 5.41) is 3.74. The van der Waals surface area contributed by atoms with Crippen molar-refractivity contribution >= 4 is 21.7 Å². The van der Waals surface area contributed by atoms with E-state index in [2.05, 4.69) is 76.4 Å². The number of aromatic nitrogens is 2. The molecule has 96 valence electrons. The van der Waals surface area contributed by atoms with Gasteiger partial charge in [-0.15, -0.1) is 0 Å². The molecule has 0 amide bonds. The fraction of sp³-hybridized carbons (Fsp3) is 0.0556. The van der Waals surface area contributed by atoms with Gasteiger partial charge in [0, 0.05) is 23.3 Å². The van der Waals surface area contributed by atoms with Crippen LogP contribution in [0.1, 0.15) is 5.69 Å². The van der Waals surface area contributed by atoms with Crippen LogP contribution in [0.4, 0.5) is 0 Å². The molecule has 0 unspecified atom stereocenters. The molecule has 2 nitrogen and oxygen atoms in total. The first kappa shape index (κ1) is 11.2. The minimum Gasteiger partial charge on any atom is -0.341 e. The molecule has 0 fully saturated rings. The summed E-state index contributed by atoms with van der Waals surface area (Å²) in [6, 6.07) is 21.1. The highest BCUT2D eigenvalue weighted by molar-refractivity contribution is 5.85. The fourth-order valence-electron chi connectivity index (χ4n) is 2.75. The molecule has 4 aromatic rings. The topological polar surface area (TPSA) is 17.8 Å². The summed E-state index contributed by atoms with van der Waals surface area (Å²) in [6.45, 7) is 0.800. The number of hydrogen-bond donors (Lipinski definition) is 0. The average Bonchev–Trinajstić information content (AvgIpc) is 2.91. The van der Waals surface area contributed by atoms with Crippen LogP contribution < -0.4 is 0 Å². The van der Waals surface area contributed by atoms with Crippen molar-refractivity contribution in [3.8, 4) is 0 Å². The summed E-state index contributed by atoms with van der Waals surface area (Å²) in [7, 11) is 0. The van der Waals surface area contributed by atoms with Gasteiger partial charge in [0.05, 0.1) is 12.2 Å². The van der Waals surface area contributed by atoms with Crippen LogP contribution >= 0.6 is 0 Å². The molecular formula is C18H14N2. The second-order valence-corrected chi connectivity index (χ2v) is 4.98. The van der Waals surface area contributed by atoms with Crippen molar-refractivity contribution in [1.29, 1.82) is 0 Å². The Bertz CT molecular complexity index is 885. The molecule has 2 heteroatoms. The normalized spacial score (nSPS) is 11.2.